The van der Waals surface area contributed by atoms with Gasteiger partial charge in [0.25, 0.3) is 0 Å². The fourth-order valence-electron chi connectivity index (χ4n) is 4.87. The maximum Gasteiger partial charge on any atom is 0.305 e. The molecule has 1 aromatic rings. The predicted octanol–water partition coefficient (Wildman–Crippen LogP) is 1.24. The minimum Gasteiger partial charge on any atom is -0.459 e. The Kier molecular flexibility index (Phi) is 3.97. The van der Waals surface area contributed by atoms with Crippen LogP contribution in [-0.4, -0.2) is 35.6 Å². The lowest BCUT2D eigenvalue weighted by molar-refractivity contribution is -0.178. The van der Waals surface area contributed by atoms with Gasteiger partial charge in [-0.15, -0.1) is 0 Å². The summed E-state index contributed by atoms with van der Waals surface area (Å²) in [5.74, 6) is -1.47. The number of furan rings is 1. The van der Waals surface area contributed by atoms with Gasteiger partial charge in [0, 0.05) is 17.9 Å². The van der Waals surface area contributed by atoms with Crippen molar-refractivity contribution in [3.63, 3.8) is 0 Å². The second-order valence-electron chi connectivity index (χ2n) is 8.27. The summed E-state index contributed by atoms with van der Waals surface area (Å²) in [5.41, 5.74) is 2.16. The molecule has 2 unspecified atom stereocenters. The number of hydrogen-bond acceptors (Lipinski definition) is 5. The third-order valence-electron chi connectivity index (χ3n) is 5.57. The third kappa shape index (κ3) is 2.69. The summed E-state index contributed by atoms with van der Waals surface area (Å²) in [4.78, 5) is 51.2. The van der Waals surface area contributed by atoms with Crippen molar-refractivity contribution < 1.29 is 23.6 Å². The summed E-state index contributed by atoms with van der Waals surface area (Å²) in [7, 11) is 1.49. The molecule has 2 N–H and O–H groups in total. The van der Waals surface area contributed by atoms with Crippen LogP contribution in [0.2, 0.25) is 0 Å². The maximum absolute atomic E-state index is 12.8. The Morgan fingerprint density at radius 1 is 1.04 bits per heavy atom. The number of piperidine rings is 1. The molecule has 0 aromatic carbocycles. The van der Waals surface area contributed by atoms with Crippen molar-refractivity contribution in [2.24, 2.45) is 16.2 Å². The van der Waals surface area contributed by atoms with Crippen LogP contribution in [0.15, 0.2) is 22.8 Å². The molecule has 140 valence electrons. The number of nitrogens with zero attached hydrogens (tertiary/aromatic N) is 1. The number of imide groups is 1. The number of rotatable bonds is 2. The second-order valence-corrected chi connectivity index (χ2v) is 8.27. The third-order valence-corrected chi connectivity index (χ3v) is 5.57. The molecule has 8 heteroatoms. The van der Waals surface area contributed by atoms with Crippen molar-refractivity contribution in [3.05, 3.63) is 24.2 Å². The molecule has 1 saturated carbocycles. The Morgan fingerprint density at radius 3 is 2.12 bits per heavy atom. The van der Waals surface area contributed by atoms with Gasteiger partial charge in [0.2, 0.25) is 17.7 Å². The molecular weight excluding hydrogens is 338 g/mol. The van der Waals surface area contributed by atoms with Gasteiger partial charge in [0.05, 0.1) is 11.7 Å². The van der Waals surface area contributed by atoms with Gasteiger partial charge in [0.15, 0.2) is 5.76 Å². The minimum absolute atomic E-state index is 0.0712. The van der Waals surface area contributed by atoms with Gasteiger partial charge in [-0.05, 0) is 31.4 Å². The highest BCUT2D eigenvalue weighted by Gasteiger charge is 2.62. The van der Waals surface area contributed by atoms with E-state index in [-0.39, 0.29) is 17.6 Å². The molecule has 0 spiro atoms. The number of hydrazine groups is 1. The summed E-state index contributed by atoms with van der Waals surface area (Å²) in [5, 5.41) is 0. The molecule has 4 amide bonds. The van der Waals surface area contributed by atoms with Gasteiger partial charge < -0.3 is 4.42 Å². The van der Waals surface area contributed by atoms with E-state index in [4.69, 9.17) is 4.42 Å². The number of amides is 4. The van der Waals surface area contributed by atoms with Crippen LogP contribution in [0.3, 0.4) is 0 Å². The highest BCUT2D eigenvalue weighted by molar-refractivity contribution is 6.04. The van der Waals surface area contributed by atoms with E-state index in [1.807, 2.05) is 0 Å². The summed E-state index contributed by atoms with van der Waals surface area (Å²) in [6.07, 6.45) is 2.38. The number of nitrogens with one attached hydrogen (secondary N) is 2. The average Bonchev–Trinajstić information content (AvgIpc) is 3.09. The van der Waals surface area contributed by atoms with Gasteiger partial charge in [-0.3, -0.25) is 34.9 Å². The molecular formula is C18H23N3O5. The molecule has 1 saturated heterocycles. The van der Waals surface area contributed by atoms with E-state index in [1.54, 1.807) is 26.8 Å². The molecule has 3 rings (SSSR count). The van der Waals surface area contributed by atoms with E-state index in [2.05, 4.69) is 10.9 Å². The Morgan fingerprint density at radius 2 is 1.62 bits per heavy atom. The molecule has 1 aliphatic heterocycles. The van der Waals surface area contributed by atoms with Gasteiger partial charge in [-0.25, -0.2) is 0 Å². The molecule has 26 heavy (non-hydrogen) atoms. The molecule has 2 atom stereocenters. The molecule has 0 radical (unpaired) electrons. The Bertz CT molecular complexity index is 757. The van der Waals surface area contributed by atoms with Crippen LogP contribution in [0.25, 0.3) is 0 Å². The van der Waals surface area contributed by atoms with Crippen molar-refractivity contribution in [1.82, 2.24) is 15.8 Å². The number of carbonyl (C=O) groups is 4. The smallest absolute Gasteiger partial charge is 0.305 e. The zero-order valence-corrected chi connectivity index (χ0v) is 15.3. The van der Waals surface area contributed by atoms with Crippen LogP contribution in [0, 0.1) is 16.2 Å². The maximum atomic E-state index is 12.8. The lowest BCUT2D eigenvalue weighted by Crippen LogP contribution is -2.64. The zero-order chi connectivity index (χ0) is 19.3. The van der Waals surface area contributed by atoms with Crippen LogP contribution < -0.4 is 10.9 Å². The quantitative estimate of drug-likeness (QED) is 0.608. The van der Waals surface area contributed by atoms with Crippen LogP contribution in [0.5, 0.6) is 0 Å². The number of carbonyl (C=O) groups excluding carboxylic acids is 4. The fraction of sp³-hybridized carbons (Fsp3) is 0.556. The lowest BCUT2D eigenvalue weighted by Gasteiger charge is -2.55. The molecule has 1 aromatic heterocycles. The second kappa shape index (κ2) is 5.69. The molecule has 2 fully saturated rings. The van der Waals surface area contributed by atoms with E-state index in [0.29, 0.717) is 19.3 Å². The van der Waals surface area contributed by atoms with Crippen molar-refractivity contribution in [3.8, 4) is 0 Å². The fourth-order valence-corrected chi connectivity index (χ4v) is 4.87. The first kappa shape index (κ1) is 18.2. The van der Waals surface area contributed by atoms with E-state index < -0.39 is 28.1 Å². The average molecular weight is 361 g/mol. The normalized spacial score (nSPS) is 33.8. The van der Waals surface area contributed by atoms with E-state index in [1.165, 1.54) is 24.3 Å². The molecule has 1 aliphatic carbocycles. The first-order valence-electron chi connectivity index (χ1n) is 8.48. The Balaban J connectivity index is 1.79. The minimum atomic E-state index is -0.967. The van der Waals surface area contributed by atoms with Crippen molar-refractivity contribution in [1.29, 1.82) is 0 Å². The number of hydrogen-bond donors (Lipinski definition) is 2. The van der Waals surface area contributed by atoms with Gasteiger partial charge in [0.1, 0.15) is 0 Å². The lowest BCUT2D eigenvalue weighted by atomic mass is 9.51. The van der Waals surface area contributed by atoms with Crippen molar-refractivity contribution in [2.45, 2.75) is 40.0 Å². The Labute approximate surface area is 151 Å². The monoisotopic (exact) mass is 361 g/mol. The van der Waals surface area contributed by atoms with Crippen LogP contribution in [-0.2, 0) is 14.4 Å². The first-order valence-corrected chi connectivity index (χ1v) is 8.48. The summed E-state index contributed by atoms with van der Waals surface area (Å²) in [6, 6.07) is 3.04. The van der Waals surface area contributed by atoms with E-state index in [0.717, 1.165) is 0 Å². The van der Waals surface area contributed by atoms with Crippen molar-refractivity contribution in [2.75, 3.05) is 7.05 Å². The summed E-state index contributed by atoms with van der Waals surface area (Å²) in [6.45, 7) is 5.31. The van der Waals surface area contributed by atoms with Crippen LogP contribution in [0.1, 0.15) is 50.6 Å². The standard InChI is InChI=1S/C18H23N3O5/c1-16(13(23)20-19-12(22)11-6-5-7-26-11)8-17(2)10-18(3,9-16)15(25)21(4)14(17)24/h5-7H,8-10H2,1-4H3,(H,19,22)(H,20,23). The van der Waals surface area contributed by atoms with Gasteiger partial charge in [-0.2, -0.15) is 0 Å². The molecule has 2 bridgehead atoms. The van der Waals surface area contributed by atoms with Gasteiger partial charge in [-0.1, -0.05) is 20.8 Å². The zero-order valence-electron chi connectivity index (χ0n) is 15.3. The molecule has 2 aliphatic rings. The first-order chi connectivity index (χ1) is 12.0. The molecule has 2 heterocycles. The van der Waals surface area contributed by atoms with E-state index >= 15 is 0 Å². The largest absolute Gasteiger partial charge is 0.459 e. The summed E-state index contributed by atoms with van der Waals surface area (Å²) >= 11 is 0. The van der Waals surface area contributed by atoms with Crippen molar-refractivity contribution >= 4 is 23.6 Å². The van der Waals surface area contributed by atoms with E-state index in [9.17, 15) is 19.2 Å². The molecule has 8 nitrogen and oxygen atoms in total. The SMILES string of the molecule is CN1C(=O)C2(C)CC(C)(C(=O)NNC(=O)c3ccco3)CC(C)(C2)C1=O. The number of likely N-dealkylation sites (tertiary alicyclic amines) is 1. The summed E-state index contributed by atoms with van der Waals surface area (Å²) < 4.78 is 4.97. The van der Waals surface area contributed by atoms with Crippen LogP contribution in [0.4, 0.5) is 0 Å². The Hall–Kier alpha value is -2.64. The highest BCUT2D eigenvalue weighted by Crippen LogP contribution is 2.58. The predicted molar refractivity (Wildman–Crippen MR) is 90.3 cm³/mol. The topological polar surface area (TPSA) is 109 Å². The van der Waals surface area contributed by atoms with Gasteiger partial charge >= 0.3 is 5.91 Å². The van der Waals surface area contributed by atoms with Crippen LogP contribution >= 0.6 is 0 Å². The number of fused-ring (bicyclic) bond motifs is 2. The highest BCUT2D eigenvalue weighted by atomic mass is 16.3.